The first-order chi connectivity index (χ1) is 14.3. The Morgan fingerprint density at radius 3 is 2.80 bits per heavy atom. The second kappa shape index (κ2) is 11.8. The summed E-state index contributed by atoms with van der Waals surface area (Å²) < 4.78 is 11.9. The minimum absolute atomic E-state index is 0. The molecule has 0 amide bonds. The van der Waals surface area contributed by atoms with E-state index in [9.17, 15) is 0 Å². The second-order valence-corrected chi connectivity index (χ2v) is 7.89. The molecule has 1 aromatic heterocycles. The van der Waals surface area contributed by atoms with Gasteiger partial charge < -0.3 is 19.7 Å². The Bertz CT molecular complexity index is 812. The molecule has 0 bridgehead atoms. The van der Waals surface area contributed by atoms with Gasteiger partial charge in [0.1, 0.15) is 0 Å². The molecule has 0 radical (unpaired) electrons. The molecule has 0 aliphatic carbocycles. The maximum absolute atomic E-state index is 6.14. The third kappa shape index (κ3) is 6.04. The van der Waals surface area contributed by atoms with Gasteiger partial charge in [-0.3, -0.25) is 9.98 Å². The number of fused-ring (bicyclic) bond motifs is 1. The number of nitrogens with one attached hydrogen (secondary N) is 1. The number of hydrogen-bond donors (Lipinski definition) is 1. The van der Waals surface area contributed by atoms with E-state index < -0.39 is 0 Å². The molecule has 2 saturated heterocycles. The summed E-state index contributed by atoms with van der Waals surface area (Å²) in [4.78, 5) is 11.4. The number of aliphatic imine (C=N–C) groups is 1. The van der Waals surface area contributed by atoms with Gasteiger partial charge in [0.25, 0.3) is 0 Å². The van der Waals surface area contributed by atoms with E-state index in [2.05, 4.69) is 50.5 Å². The van der Waals surface area contributed by atoms with Crippen LogP contribution in [0.15, 0.2) is 41.5 Å². The molecule has 1 atom stereocenters. The van der Waals surface area contributed by atoms with Crippen LogP contribution in [0.4, 0.5) is 0 Å². The Morgan fingerprint density at radius 2 is 2.03 bits per heavy atom. The van der Waals surface area contributed by atoms with E-state index in [0.717, 1.165) is 57.2 Å². The predicted molar refractivity (Wildman–Crippen MR) is 131 cm³/mol. The van der Waals surface area contributed by atoms with Crippen molar-refractivity contribution in [3.63, 3.8) is 0 Å². The van der Waals surface area contributed by atoms with Crippen molar-refractivity contribution in [2.45, 2.75) is 50.9 Å². The largest absolute Gasteiger partial charge is 0.376 e. The van der Waals surface area contributed by atoms with E-state index in [1.807, 2.05) is 13.2 Å². The topological polar surface area (TPSA) is 59.0 Å². The van der Waals surface area contributed by atoms with Gasteiger partial charge in [-0.25, -0.2) is 0 Å². The van der Waals surface area contributed by atoms with Crippen LogP contribution in [-0.4, -0.2) is 61.4 Å². The summed E-state index contributed by atoms with van der Waals surface area (Å²) in [5, 5.41) is 5.91. The summed E-state index contributed by atoms with van der Waals surface area (Å²) in [6.07, 6.45) is 8.15. The number of halogens is 1. The minimum Gasteiger partial charge on any atom is -0.376 e. The van der Waals surface area contributed by atoms with Gasteiger partial charge >= 0.3 is 0 Å². The van der Waals surface area contributed by atoms with Gasteiger partial charge in [0.15, 0.2) is 5.96 Å². The SMILES string of the molecule is CN=C(NCc1nccc2ccccc12)N1CCC(OCC2CCCCO2)CC1.I. The van der Waals surface area contributed by atoms with Gasteiger partial charge in [0.05, 0.1) is 31.1 Å². The summed E-state index contributed by atoms with van der Waals surface area (Å²) in [5.41, 5.74) is 1.05. The lowest BCUT2D eigenvalue weighted by atomic mass is 10.1. The molecule has 3 heterocycles. The lowest BCUT2D eigenvalue weighted by Crippen LogP contribution is -2.47. The van der Waals surface area contributed by atoms with Gasteiger partial charge in [-0.1, -0.05) is 24.3 Å². The molecule has 2 aromatic rings. The quantitative estimate of drug-likeness (QED) is 0.365. The highest BCUT2D eigenvalue weighted by atomic mass is 127. The van der Waals surface area contributed by atoms with E-state index in [-0.39, 0.29) is 24.0 Å². The molecule has 1 unspecified atom stereocenters. The second-order valence-electron chi connectivity index (χ2n) is 7.89. The fourth-order valence-electron chi connectivity index (χ4n) is 4.23. The van der Waals surface area contributed by atoms with Crippen molar-refractivity contribution in [3.05, 3.63) is 42.2 Å². The number of rotatable bonds is 5. The molecule has 4 rings (SSSR count). The van der Waals surface area contributed by atoms with Gasteiger partial charge in [0, 0.05) is 38.3 Å². The van der Waals surface area contributed by atoms with Crippen molar-refractivity contribution < 1.29 is 9.47 Å². The Hall–Kier alpha value is -1.45. The van der Waals surface area contributed by atoms with Crippen LogP contribution in [0.25, 0.3) is 10.8 Å². The normalized spacial score (nSPS) is 20.8. The van der Waals surface area contributed by atoms with E-state index in [0.29, 0.717) is 18.8 Å². The first-order valence-electron chi connectivity index (χ1n) is 10.8. The van der Waals surface area contributed by atoms with Crippen LogP contribution >= 0.6 is 24.0 Å². The van der Waals surface area contributed by atoms with E-state index in [1.54, 1.807) is 0 Å². The van der Waals surface area contributed by atoms with E-state index >= 15 is 0 Å². The zero-order valence-electron chi connectivity index (χ0n) is 17.8. The first kappa shape index (κ1) is 23.2. The fourth-order valence-corrected chi connectivity index (χ4v) is 4.23. The standard InChI is InChI=1S/C23H32N4O2.HI/c1-24-23(26-16-22-21-8-3-2-6-18(21)9-12-25-22)27-13-10-19(11-14-27)29-17-20-7-4-5-15-28-20;/h2-3,6,8-9,12,19-20H,4-5,7,10-11,13-17H2,1H3,(H,24,26);1H. The molecular weight excluding hydrogens is 491 g/mol. The summed E-state index contributed by atoms with van der Waals surface area (Å²) >= 11 is 0. The number of likely N-dealkylation sites (tertiary alicyclic amines) is 1. The summed E-state index contributed by atoms with van der Waals surface area (Å²) in [6.45, 7) is 4.21. The molecule has 2 aliphatic heterocycles. The number of benzene rings is 1. The molecule has 6 nitrogen and oxygen atoms in total. The van der Waals surface area contributed by atoms with Crippen LogP contribution in [0.3, 0.4) is 0 Å². The summed E-state index contributed by atoms with van der Waals surface area (Å²) in [7, 11) is 1.85. The minimum atomic E-state index is 0. The molecule has 0 saturated carbocycles. The smallest absolute Gasteiger partial charge is 0.193 e. The van der Waals surface area contributed by atoms with E-state index in [1.165, 1.54) is 23.6 Å². The zero-order valence-corrected chi connectivity index (χ0v) is 20.1. The van der Waals surface area contributed by atoms with E-state index in [4.69, 9.17) is 9.47 Å². The van der Waals surface area contributed by atoms with Crippen molar-refractivity contribution in [2.75, 3.05) is 33.4 Å². The van der Waals surface area contributed by atoms with Crippen molar-refractivity contribution >= 4 is 40.7 Å². The maximum atomic E-state index is 6.14. The molecule has 2 fully saturated rings. The Labute approximate surface area is 196 Å². The predicted octanol–water partition coefficient (Wildman–Crippen LogP) is 3.98. The number of ether oxygens (including phenoxy) is 2. The number of hydrogen-bond acceptors (Lipinski definition) is 4. The highest BCUT2D eigenvalue weighted by Crippen LogP contribution is 2.19. The monoisotopic (exact) mass is 524 g/mol. The van der Waals surface area contributed by atoms with Crippen LogP contribution in [0.5, 0.6) is 0 Å². The highest BCUT2D eigenvalue weighted by molar-refractivity contribution is 14.0. The third-order valence-corrected chi connectivity index (χ3v) is 5.92. The van der Waals surface area contributed by atoms with Crippen molar-refractivity contribution in [1.29, 1.82) is 0 Å². The molecule has 1 aromatic carbocycles. The number of aromatic nitrogens is 1. The molecule has 0 spiro atoms. The fraction of sp³-hybridized carbons (Fsp3) is 0.565. The molecule has 1 N–H and O–H groups in total. The number of piperidine rings is 1. The maximum Gasteiger partial charge on any atom is 0.193 e. The molecule has 7 heteroatoms. The van der Waals surface area contributed by atoms with Crippen LogP contribution in [0.1, 0.15) is 37.8 Å². The summed E-state index contributed by atoms with van der Waals surface area (Å²) in [6, 6.07) is 10.4. The zero-order chi connectivity index (χ0) is 19.9. The van der Waals surface area contributed by atoms with Crippen LogP contribution < -0.4 is 5.32 Å². The molecule has 2 aliphatic rings. The average molecular weight is 524 g/mol. The Kier molecular flexibility index (Phi) is 9.14. The van der Waals surface area contributed by atoms with Gasteiger partial charge in [0.2, 0.25) is 0 Å². The Morgan fingerprint density at radius 1 is 1.20 bits per heavy atom. The van der Waals surface area contributed by atoms with Gasteiger partial charge in [-0.05, 0) is 43.6 Å². The van der Waals surface area contributed by atoms with Crippen LogP contribution in [0.2, 0.25) is 0 Å². The lowest BCUT2D eigenvalue weighted by Gasteiger charge is -2.35. The molecule has 164 valence electrons. The first-order valence-corrected chi connectivity index (χ1v) is 10.8. The van der Waals surface area contributed by atoms with Crippen molar-refractivity contribution in [3.8, 4) is 0 Å². The summed E-state index contributed by atoms with van der Waals surface area (Å²) in [5.74, 6) is 0.939. The highest BCUT2D eigenvalue weighted by Gasteiger charge is 2.23. The molecular formula is C23H33IN4O2. The van der Waals surface area contributed by atoms with Crippen LogP contribution in [0, 0.1) is 0 Å². The number of guanidine groups is 1. The van der Waals surface area contributed by atoms with Crippen molar-refractivity contribution in [1.82, 2.24) is 15.2 Å². The van der Waals surface area contributed by atoms with Gasteiger partial charge in [-0.15, -0.1) is 24.0 Å². The molecule has 30 heavy (non-hydrogen) atoms. The van der Waals surface area contributed by atoms with Crippen molar-refractivity contribution in [2.24, 2.45) is 4.99 Å². The lowest BCUT2D eigenvalue weighted by molar-refractivity contribution is -0.0721. The number of nitrogens with zero attached hydrogens (tertiary/aromatic N) is 3. The van der Waals surface area contributed by atoms with Crippen LogP contribution in [-0.2, 0) is 16.0 Å². The number of pyridine rings is 1. The third-order valence-electron chi connectivity index (χ3n) is 5.92. The Balaban J connectivity index is 0.00000256. The average Bonchev–Trinajstić information content (AvgIpc) is 2.79. The van der Waals surface area contributed by atoms with Gasteiger partial charge in [-0.2, -0.15) is 0 Å².